The van der Waals surface area contributed by atoms with E-state index in [0.29, 0.717) is 0 Å². The van der Waals surface area contributed by atoms with Gasteiger partial charge in [-0.2, -0.15) is 5.10 Å². The van der Waals surface area contributed by atoms with E-state index >= 15 is 0 Å². The van der Waals surface area contributed by atoms with Gasteiger partial charge in [-0.25, -0.2) is 0 Å². The Morgan fingerprint density at radius 1 is 1.42 bits per heavy atom. The summed E-state index contributed by atoms with van der Waals surface area (Å²) in [6.07, 6.45) is 0.901. The highest BCUT2D eigenvalue weighted by Gasteiger charge is 2.26. The van der Waals surface area contributed by atoms with Crippen LogP contribution < -0.4 is 5.73 Å². The molecule has 0 aromatic carbocycles. The first-order chi connectivity index (χ1) is 8.97. The Labute approximate surface area is 123 Å². The molecule has 0 aliphatic carbocycles. The van der Waals surface area contributed by atoms with E-state index in [1.807, 2.05) is 18.5 Å². The Morgan fingerprint density at radius 2 is 2.11 bits per heavy atom. The van der Waals surface area contributed by atoms with Crippen molar-refractivity contribution in [1.29, 1.82) is 0 Å². The molecule has 0 spiro atoms. The normalized spacial score (nSPS) is 14.6. The number of aromatic nitrogens is 2. The van der Waals surface area contributed by atoms with Crippen LogP contribution in [0.4, 0.5) is 0 Å². The number of nitrogens with two attached hydrogens (primary N) is 1. The largest absolute Gasteiger partial charge is 0.326 e. The minimum atomic E-state index is 0.0337. The molecule has 2 aromatic heterocycles. The average molecular weight is 298 g/mol. The van der Waals surface area contributed by atoms with Gasteiger partial charge >= 0.3 is 0 Å². The van der Waals surface area contributed by atoms with Crippen LogP contribution in [0.2, 0.25) is 5.02 Å². The van der Waals surface area contributed by atoms with Crippen molar-refractivity contribution < 1.29 is 0 Å². The Balaban J connectivity index is 2.56. The summed E-state index contributed by atoms with van der Waals surface area (Å²) in [5.74, 6) is 0. The lowest BCUT2D eigenvalue weighted by Crippen LogP contribution is -2.33. The van der Waals surface area contributed by atoms with Crippen LogP contribution in [0.5, 0.6) is 0 Å². The highest BCUT2D eigenvalue weighted by Crippen LogP contribution is 2.33. The fourth-order valence-corrected chi connectivity index (χ4v) is 3.52. The number of nitrogens with zero attached hydrogens (tertiary/aromatic N) is 2. The van der Waals surface area contributed by atoms with Crippen LogP contribution in [-0.2, 0) is 0 Å². The molecule has 0 radical (unpaired) electrons. The molecule has 0 aliphatic heterocycles. The van der Waals surface area contributed by atoms with Gasteiger partial charge in [-0.05, 0) is 44.2 Å². The molecule has 2 rings (SSSR count). The molecule has 2 unspecified atom stereocenters. The molecule has 0 bridgehead atoms. The van der Waals surface area contributed by atoms with E-state index in [4.69, 9.17) is 17.3 Å². The van der Waals surface area contributed by atoms with Crippen molar-refractivity contribution in [3.8, 4) is 0 Å². The van der Waals surface area contributed by atoms with E-state index in [-0.39, 0.29) is 12.1 Å². The summed E-state index contributed by atoms with van der Waals surface area (Å²) < 4.78 is 1.99. The van der Waals surface area contributed by atoms with E-state index in [9.17, 15) is 0 Å². The van der Waals surface area contributed by atoms with Gasteiger partial charge in [0.2, 0.25) is 0 Å². The molecule has 2 aromatic rings. The molecule has 3 nitrogen and oxygen atoms in total. The summed E-state index contributed by atoms with van der Waals surface area (Å²) in [6.45, 7) is 8.16. The molecule has 0 fully saturated rings. The van der Waals surface area contributed by atoms with Crippen molar-refractivity contribution >= 4 is 22.9 Å². The van der Waals surface area contributed by atoms with Crippen molar-refractivity contribution in [3.05, 3.63) is 38.3 Å². The first-order valence-electron chi connectivity index (χ1n) is 6.48. The Hall–Kier alpha value is -0.840. The summed E-state index contributed by atoms with van der Waals surface area (Å²) in [5.41, 5.74) is 9.46. The van der Waals surface area contributed by atoms with Gasteiger partial charge in [-0.15, -0.1) is 11.3 Å². The number of hydrogen-bond donors (Lipinski definition) is 1. The third-order valence-electron chi connectivity index (χ3n) is 3.55. The first kappa shape index (κ1) is 14.6. The van der Waals surface area contributed by atoms with Crippen LogP contribution >= 0.6 is 22.9 Å². The predicted molar refractivity (Wildman–Crippen MR) is 82.2 cm³/mol. The third kappa shape index (κ3) is 2.57. The quantitative estimate of drug-likeness (QED) is 0.931. The molecule has 0 amide bonds. The van der Waals surface area contributed by atoms with Crippen LogP contribution in [0.3, 0.4) is 0 Å². The van der Waals surface area contributed by atoms with E-state index in [1.54, 1.807) is 11.3 Å². The summed E-state index contributed by atoms with van der Waals surface area (Å²) in [4.78, 5) is 1.27. The zero-order valence-electron chi connectivity index (χ0n) is 11.8. The standard InChI is InChI=1S/C14H20ClN3S/c1-5-11(16)13(14-8(2)6-7-19-14)18-10(4)12(15)9(3)17-18/h6-7,11,13H,5,16H2,1-4H3. The third-order valence-corrected chi connectivity index (χ3v) is 5.18. The molecular weight excluding hydrogens is 278 g/mol. The number of halogens is 1. The second-order valence-electron chi connectivity index (χ2n) is 4.91. The second-order valence-corrected chi connectivity index (χ2v) is 6.24. The Kier molecular flexibility index (Phi) is 4.33. The Bertz CT molecular complexity index is 573. The van der Waals surface area contributed by atoms with Gasteiger partial charge in [0.15, 0.2) is 0 Å². The molecular formula is C14H20ClN3S. The summed E-state index contributed by atoms with van der Waals surface area (Å²) in [7, 11) is 0. The lowest BCUT2D eigenvalue weighted by atomic mass is 10.0. The fraction of sp³-hybridized carbons (Fsp3) is 0.500. The summed E-state index contributed by atoms with van der Waals surface area (Å²) >= 11 is 8.01. The van der Waals surface area contributed by atoms with Crippen molar-refractivity contribution in [2.24, 2.45) is 5.73 Å². The molecule has 104 valence electrons. The van der Waals surface area contributed by atoms with Crippen LogP contribution in [-0.4, -0.2) is 15.8 Å². The van der Waals surface area contributed by atoms with Gasteiger partial charge < -0.3 is 5.73 Å². The molecule has 19 heavy (non-hydrogen) atoms. The molecule has 0 saturated carbocycles. The molecule has 2 N–H and O–H groups in total. The SMILES string of the molecule is CCC(N)C(c1sccc1C)n1nc(C)c(Cl)c1C. The van der Waals surface area contributed by atoms with Crippen LogP contribution in [0, 0.1) is 20.8 Å². The molecule has 0 saturated heterocycles. The van der Waals surface area contributed by atoms with Crippen molar-refractivity contribution in [1.82, 2.24) is 9.78 Å². The van der Waals surface area contributed by atoms with Crippen LogP contribution in [0.15, 0.2) is 11.4 Å². The Morgan fingerprint density at radius 3 is 2.53 bits per heavy atom. The van der Waals surface area contributed by atoms with Gasteiger partial charge in [-0.3, -0.25) is 4.68 Å². The van der Waals surface area contributed by atoms with Gasteiger partial charge in [0.25, 0.3) is 0 Å². The monoisotopic (exact) mass is 297 g/mol. The predicted octanol–water partition coefficient (Wildman–Crippen LogP) is 3.85. The average Bonchev–Trinajstić information content (AvgIpc) is 2.91. The molecule has 0 aliphatic rings. The topological polar surface area (TPSA) is 43.8 Å². The molecule has 5 heteroatoms. The van der Waals surface area contributed by atoms with Gasteiger partial charge in [0.05, 0.1) is 16.4 Å². The van der Waals surface area contributed by atoms with Crippen molar-refractivity contribution in [3.63, 3.8) is 0 Å². The maximum atomic E-state index is 6.34. The molecule has 2 atom stereocenters. The number of hydrogen-bond acceptors (Lipinski definition) is 3. The van der Waals surface area contributed by atoms with E-state index in [0.717, 1.165) is 22.8 Å². The lowest BCUT2D eigenvalue weighted by Gasteiger charge is -2.24. The molecule has 2 heterocycles. The number of thiophene rings is 1. The maximum Gasteiger partial charge on any atom is 0.102 e. The second kappa shape index (κ2) is 5.65. The highest BCUT2D eigenvalue weighted by molar-refractivity contribution is 7.10. The zero-order valence-corrected chi connectivity index (χ0v) is 13.3. The van der Waals surface area contributed by atoms with Gasteiger partial charge in [-0.1, -0.05) is 18.5 Å². The van der Waals surface area contributed by atoms with Crippen molar-refractivity contribution in [2.75, 3.05) is 0 Å². The summed E-state index contributed by atoms with van der Waals surface area (Å²) in [5, 5.41) is 7.43. The minimum absolute atomic E-state index is 0.0337. The van der Waals surface area contributed by atoms with Crippen LogP contribution in [0.1, 0.15) is 41.2 Å². The summed E-state index contributed by atoms with van der Waals surface area (Å²) in [6, 6.07) is 2.23. The number of aryl methyl sites for hydroxylation is 2. The number of rotatable bonds is 4. The highest BCUT2D eigenvalue weighted by atomic mass is 35.5. The first-order valence-corrected chi connectivity index (χ1v) is 7.73. The van der Waals surface area contributed by atoms with Crippen molar-refractivity contribution in [2.45, 2.75) is 46.2 Å². The van der Waals surface area contributed by atoms with E-state index in [1.165, 1.54) is 10.4 Å². The maximum absolute atomic E-state index is 6.34. The van der Waals surface area contributed by atoms with E-state index in [2.05, 4.69) is 30.4 Å². The fourth-order valence-electron chi connectivity index (χ4n) is 2.31. The van der Waals surface area contributed by atoms with Gasteiger partial charge in [0, 0.05) is 10.9 Å². The smallest absolute Gasteiger partial charge is 0.102 e. The minimum Gasteiger partial charge on any atom is -0.326 e. The van der Waals surface area contributed by atoms with E-state index < -0.39 is 0 Å². The van der Waals surface area contributed by atoms with Crippen LogP contribution in [0.25, 0.3) is 0 Å². The lowest BCUT2D eigenvalue weighted by molar-refractivity contribution is 0.420. The zero-order chi connectivity index (χ0) is 14.2. The van der Waals surface area contributed by atoms with Gasteiger partial charge in [0.1, 0.15) is 6.04 Å².